The smallest absolute Gasteiger partial charge is 0.273 e. The lowest BCUT2D eigenvalue weighted by atomic mass is 10.0. The van der Waals surface area contributed by atoms with Crippen LogP contribution in [0.5, 0.6) is 0 Å². The molecule has 17 heavy (non-hydrogen) atoms. The molecule has 0 radical (unpaired) electrons. The summed E-state index contributed by atoms with van der Waals surface area (Å²) in [6.07, 6.45) is 0. The van der Waals surface area contributed by atoms with Gasteiger partial charge in [-0.15, -0.1) is 0 Å². The van der Waals surface area contributed by atoms with E-state index in [1.807, 2.05) is 0 Å². The van der Waals surface area contributed by atoms with Crippen molar-refractivity contribution in [3.05, 3.63) is 39.9 Å². The van der Waals surface area contributed by atoms with Gasteiger partial charge in [-0.2, -0.15) is 0 Å². The molecule has 0 fully saturated rings. The van der Waals surface area contributed by atoms with E-state index in [2.05, 4.69) is 5.32 Å². The van der Waals surface area contributed by atoms with E-state index in [0.717, 1.165) is 0 Å². The van der Waals surface area contributed by atoms with Crippen LogP contribution in [0.4, 0.5) is 5.69 Å². The molecule has 94 valence electrons. The number of aliphatic hydroxyl groups is 2. The van der Waals surface area contributed by atoms with Gasteiger partial charge in [-0.1, -0.05) is 18.2 Å². The molecule has 0 aliphatic rings. The first-order chi connectivity index (χ1) is 8.02. The maximum absolute atomic E-state index is 10.8. The predicted molar refractivity (Wildman–Crippen MR) is 62.5 cm³/mol. The van der Waals surface area contributed by atoms with Crippen molar-refractivity contribution in [2.45, 2.75) is 19.0 Å². The summed E-state index contributed by atoms with van der Waals surface area (Å²) in [7, 11) is 0. The highest BCUT2D eigenvalue weighted by molar-refractivity contribution is 5.39. The van der Waals surface area contributed by atoms with Gasteiger partial charge in [-0.25, -0.2) is 0 Å². The number of nitrogens with one attached hydrogen (secondary N) is 1. The van der Waals surface area contributed by atoms with Gasteiger partial charge in [-0.3, -0.25) is 10.1 Å². The first-order valence-corrected chi connectivity index (χ1v) is 5.21. The molecule has 0 spiro atoms. The summed E-state index contributed by atoms with van der Waals surface area (Å²) in [5.74, 6) is 0. The van der Waals surface area contributed by atoms with Crippen molar-refractivity contribution < 1.29 is 15.1 Å². The monoisotopic (exact) mass is 240 g/mol. The Morgan fingerprint density at radius 2 is 1.94 bits per heavy atom. The third-order valence-electron chi connectivity index (χ3n) is 2.59. The highest BCUT2D eigenvalue weighted by Crippen LogP contribution is 2.18. The average molecular weight is 240 g/mol. The Bertz CT molecular complexity index is 391. The minimum Gasteiger partial charge on any atom is -0.394 e. The van der Waals surface area contributed by atoms with Crippen molar-refractivity contribution >= 4 is 5.69 Å². The molecular formula is C11H16N2O4. The fourth-order valence-corrected chi connectivity index (χ4v) is 1.31. The predicted octanol–water partition coefficient (Wildman–Crippen LogP) is 0.428. The molecule has 0 heterocycles. The second-order valence-electron chi connectivity index (χ2n) is 4.12. The van der Waals surface area contributed by atoms with Crippen LogP contribution in [0.1, 0.15) is 12.5 Å². The number of rotatable bonds is 6. The van der Waals surface area contributed by atoms with E-state index in [4.69, 9.17) is 10.2 Å². The molecule has 0 atom stereocenters. The van der Waals surface area contributed by atoms with Crippen molar-refractivity contribution in [1.29, 1.82) is 0 Å². The van der Waals surface area contributed by atoms with Crippen LogP contribution in [0.15, 0.2) is 24.3 Å². The molecule has 1 aromatic carbocycles. The first kappa shape index (κ1) is 13.6. The van der Waals surface area contributed by atoms with Gasteiger partial charge in [0.05, 0.1) is 23.7 Å². The SMILES string of the molecule is CC(CO)(CO)NCc1ccccc1[N+](=O)[O-]. The van der Waals surface area contributed by atoms with E-state index in [0.29, 0.717) is 5.56 Å². The maximum atomic E-state index is 10.8. The lowest BCUT2D eigenvalue weighted by molar-refractivity contribution is -0.385. The van der Waals surface area contributed by atoms with E-state index in [1.165, 1.54) is 6.07 Å². The van der Waals surface area contributed by atoms with E-state index < -0.39 is 10.5 Å². The van der Waals surface area contributed by atoms with Crippen LogP contribution in [0.3, 0.4) is 0 Å². The van der Waals surface area contributed by atoms with Gasteiger partial charge in [0.25, 0.3) is 5.69 Å². The van der Waals surface area contributed by atoms with E-state index in [-0.39, 0.29) is 25.4 Å². The van der Waals surface area contributed by atoms with Gasteiger partial charge < -0.3 is 15.5 Å². The summed E-state index contributed by atoms with van der Waals surface area (Å²) in [4.78, 5) is 10.3. The molecule has 0 aliphatic heterocycles. The fourth-order valence-electron chi connectivity index (χ4n) is 1.31. The third-order valence-corrected chi connectivity index (χ3v) is 2.59. The van der Waals surface area contributed by atoms with Gasteiger partial charge in [0.15, 0.2) is 0 Å². The quantitative estimate of drug-likeness (QED) is 0.495. The zero-order valence-electron chi connectivity index (χ0n) is 9.59. The van der Waals surface area contributed by atoms with Crippen molar-refractivity contribution in [1.82, 2.24) is 5.32 Å². The number of nitrogens with zero attached hydrogens (tertiary/aromatic N) is 1. The highest BCUT2D eigenvalue weighted by atomic mass is 16.6. The van der Waals surface area contributed by atoms with Gasteiger partial charge >= 0.3 is 0 Å². The second kappa shape index (κ2) is 5.72. The van der Waals surface area contributed by atoms with E-state index >= 15 is 0 Å². The minimum atomic E-state index is -0.844. The zero-order valence-corrected chi connectivity index (χ0v) is 9.59. The summed E-state index contributed by atoms with van der Waals surface area (Å²) in [6.45, 7) is 1.37. The standard InChI is InChI=1S/C11H16N2O4/c1-11(7-14,8-15)12-6-9-4-2-3-5-10(9)13(16)17/h2-5,12,14-15H,6-8H2,1H3. The number of hydrogen-bond donors (Lipinski definition) is 3. The molecule has 0 saturated heterocycles. The number of aliphatic hydroxyl groups excluding tert-OH is 2. The van der Waals surface area contributed by atoms with Crippen LogP contribution in [-0.2, 0) is 6.54 Å². The normalized spacial score (nSPS) is 11.5. The molecule has 0 saturated carbocycles. The lowest BCUT2D eigenvalue weighted by Gasteiger charge is -2.26. The Kier molecular flexibility index (Phi) is 4.56. The van der Waals surface area contributed by atoms with Gasteiger partial charge in [-0.05, 0) is 6.92 Å². The maximum Gasteiger partial charge on any atom is 0.273 e. The Morgan fingerprint density at radius 3 is 2.47 bits per heavy atom. The number of nitro groups is 1. The molecule has 6 heteroatoms. The Morgan fingerprint density at radius 1 is 1.35 bits per heavy atom. The molecule has 0 bridgehead atoms. The Hall–Kier alpha value is -1.50. The fraction of sp³-hybridized carbons (Fsp3) is 0.455. The van der Waals surface area contributed by atoms with Crippen molar-refractivity contribution in [2.75, 3.05) is 13.2 Å². The van der Waals surface area contributed by atoms with Crippen LogP contribution in [0.25, 0.3) is 0 Å². The first-order valence-electron chi connectivity index (χ1n) is 5.21. The van der Waals surface area contributed by atoms with Crippen molar-refractivity contribution in [3.63, 3.8) is 0 Å². The van der Waals surface area contributed by atoms with Crippen LogP contribution < -0.4 is 5.32 Å². The van der Waals surface area contributed by atoms with Crippen molar-refractivity contribution in [2.24, 2.45) is 0 Å². The minimum absolute atomic E-state index is 0.0261. The molecule has 6 nitrogen and oxygen atoms in total. The molecule has 0 aromatic heterocycles. The lowest BCUT2D eigenvalue weighted by Crippen LogP contribution is -2.48. The summed E-state index contributed by atoms with van der Waals surface area (Å²) < 4.78 is 0. The summed E-state index contributed by atoms with van der Waals surface area (Å²) in [5.41, 5.74) is -0.298. The molecule has 1 rings (SSSR count). The summed E-state index contributed by atoms with van der Waals surface area (Å²) in [6, 6.07) is 6.37. The molecule has 1 aromatic rings. The van der Waals surface area contributed by atoms with Gasteiger partial charge in [0.2, 0.25) is 0 Å². The zero-order chi connectivity index (χ0) is 12.9. The molecule has 0 unspecified atom stereocenters. The third kappa shape index (κ3) is 3.48. The van der Waals surface area contributed by atoms with Crippen LogP contribution in [0, 0.1) is 10.1 Å². The number of benzene rings is 1. The number of para-hydroxylation sites is 1. The van der Waals surface area contributed by atoms with E-state index in [1.54, 1.807) is 25.1 Å². The van der Waals surface area contributed by atoms with Crippen molar-refractivity contribution in [3.8, 4) is 0 Å². The van der Waals surface area contributed by atoms with Crippen LogP contribution in [-0.4, -0.2) is 33.9 Å². The van der Waals surface area contributed by atoms with Gasteiger partial charge in [0.1, 0.15) is 0 Å². The summed E-state index contributed by atoms with van der Waals surface area (Å²) >= 11 is 0. The van der Waals surface area contributed by atoms with Crippen LogP contribution in [0.2, 0.25) is 0 Å². The summed E-state index contributed by atoms with van der Waals surface area (Å²) in [5, 5.41) is 31.8. The van der Waals surface area contributed by atoms with E-state index in [9.17, 15) is 10.1 Å². The Balaban J connectivity index is 2.79. The topological polar surface area (TPSA) is 95.6 Å². The molecule has 0 aliphatic carbocycles. The molecule has 3 N–H and O–H groups in total. The second-order valence-corrected chi connectivity index (χ2v) is 4.12. The highest BCUT2D eigenvalue weighted by Gasteiger charge is 2.22. The van der Waals surface area contributed by atoms with Gasteiger partial charge in [0, 0.05) is 18.2 Å². The van der Waals surface area contributed by atoms with Crippen LogP contribution >= 0.6 is 0 Å². The Labute approximate surface area is 99.0 Å². The number of hydrogen-bond acceptors (Lipinski definition) is 5. The number of nitro benzene ring substituents is 1. The average Bonchev–Trinajstić information content (AvgIpc) is 2.36. The molecule has 0 amide bonds. The molecular weight excluding hydrogens is 224 g/mol. The largest absolute Gasteiger partial charge is 0.394 e.